The highest BCUT2D eigenvalue weighted by atomic mass is 127. The molecule has 0 fully saturated rings. The highest BCUT2D eigenvalue weighted by Gasteiger charge is 2.14. The average Bonchev–Trinajstić information content (AvgIpc) is 2.56. The van der Waals surface area contributed by atoms with Gasteiger partial charge in [0.25, 0.3) is 0 Å². The van der Waals surface area contributed by atoms with E-state index in [1.54, 1.807) is 5.38 Å². The van der Waals surface area contributed by atoms with Crippen molar-refractivity contribution in [3.05, 3.63) is 31.1 Å². The van der Waals surface area contributed by atoms with Crippen LogP contribution < -0.4 is 0 Å². The molecule has 1 aromatic carbocycles. The van der Waals surface area contributed by atoms with Crippen LogP contribution in [0.1, 0.15) is 10.4 Å². The van der Waals surface area contributed by atoms with Crippen LogP contribution in [0.2, 0.25) is 0 Å². The summed E-state index contributed by atoms with van der Waals surface area (Å²) in [6.07, 6.45) is 0. The van der Waals surface area contributed by atoms with Crippen molar-refractivity contribution in [3.63, 3.8) is 0 Å². The monoisotopic (exact) mass is 382 g/mol. The molecule has 0 bridgehead atoms. The van der Waals surface area contributed by atoms with E-state index in [1.165, 1.54) is 11.3 Å². The van der Waals surface area contributed by atoms with Crippen molar-refractivity contribution in [1.29, 1.82) is 0 Å². The Labute approximate surface area is 106 Å². The van der Waals surface area contributed by atoms with Crippen LogP contribution in [0.25, 0.3) is 10.1 Å². The molecule has 1 aromatic heterocycles. The van der Waals surface area contributed by atoms with Crippen LogP contribution in [-0.4, -0.2) is 11.1 Å². The first-order valence-electron chi connectivity index (χ1n) is 3.69. The minimum absolute atomic E-state index is 0.385. The lowest BCUT2D eigenvalue weighted by Gasteiger charge is -1.98. The summed E-state index contributed by atoms with van der Waals surface area (Å²) in [5, 5.41) is 11.5. The standard InChI is InChI=1S/C9H4BrIO2S/c10-5-1-2-6(11)7-4(9(12)13)3-14-8(5)7/h1-3H,(H,12,13). The first-order chi connectivity index (χ1) is 6.61. The van der Waals surface area contributed by atoms with E-state index < -0.39 is 5.97 Å². The summed E-state index contributed by atoms with van der Waals surface area (Å²) in [6, 6.07) is 3.85. The fourth-order valence-corrected chi connectivity index (χ4v) is 3.74. The Hall–Kier alpha value is -0.140. The second kappa shape index (κ2) is 3.79. The molecule has 72 valence electrons. The smallest absolute Gasteiger partial charge is 0.337 e. The van der Waals surface area contributed by atoms with Crippen molar-refractivity contribution in [3.8, 4) is 0 Å². The van der Waals surface area contributed by atoms with Gasteiger partial charge in [-0.3, -0.25) is 0 Å². The molecule has 1 N–H and O–H groups in total. The third-order valence-electron chi connectivity index (χ3n) is 1.85. The summed E-state index contributed by atoms with van der Waals surface area (Å²) in [4.78, 5) is 10.9. The molecular weight excluding hydrogens is 379 g/mol. The third-order valence-corrected chi connectivity index (χ3v) is 4.69. The molecular formula is C9H4BrIO2S. The quantitative estimate of drug-likeness (QED) is 0.758. The molecule has 0 atom stereocenters. The summed E-state index contributed by atoms with van der Waals surface area (Å²) in [6.45, 7) is 0. The Morgan fingerprint density at radius 2 is 2.21 bits per heavy atom. The largest absolute Gasteiger partial charge is 0.478 e. The highest BCUT2D eigenvalue weighted by Crippen LogP contribution is 2.35. The number of thiophene rings is 1. The van der Waals surface area contributed by atoms with Gasteiger partial charge >= 0.3 is 5.97 Å². The number of hydrogen-bond acceptors (Lipinski definition) is 2. The van der Waals surface area contributed by atoms with Crippen molar-refractivity contribution in [2.24, 2.45) is 0 Å². The van der Waals surface area contributed by atoms with E-state index in [0.29, 0.717) is 5.56 Å². The van der Waals surface area contributed by atoms with Gasteiger partial charge in [-0.1, -0.05) is 0 Å². The van der Waals surface area contributed by atoms with Gasteiger partial charge < -0.3 is 5.11 Å². The zero-order valence-corrected chi connectivity index (χ0v) is 11.3. The fraction of sp³-hybridized carbons (Fsp3) is 0. The lowest BCUT2D eigenvalue weighted by Crippen LogP contribution is -1.94. The van der Waals surface area contributed by atoms with Crippen LogP contribution >= 0.6 is 49.9 Å². The summed E-state index contributed by atoms with van der Waals surface area (Å²) >= 11 is 7.01. The first-order valence-corrected chi connectivity index (χ1v) is 6.45. The van der Waals surface area contributed by atoms with Gasteiger partial charge in [0.1, 0.15) is 0 Å². The van der Waals surface area contributed by atoms with E-state index in [-0.39, 0.29) is 0 Å². The summed E-state index contributed by atoms with van der Waals surface area (Å²) in [7, 11) is 0. The van der Waals surface area contributed by atoms with Gasteiger partial charge in [-0.15, -0.1) is 11.3 Å². The van der Waals surface area contributed by atoms with Crippen LogP contribution in [0.5, 0.6) is 0 Å². The maximum Gasteiger partial charge on any atom is 0.337 e. The number of rotatable bonds is 1. The van der Waals surface area contributed by atoms with E-state index in [4.69, 9.17) is 5.11 Å². The van der Waals surface area contributed by atoms with Crippen LogP contribution in [0.4, 0.5) is 0 Å². The van der Waals surface area contributed by atoms with Crippen LogP contribution in [0, 0.1) is 3.57 Å². The second-order valence-corrected chi connectivity index (χ2v) is 5.58. The molecule has 5 heteroatoms. The first kappa shape index (κ1) is 10.4. The van der Waals surface area contributed by atoms with Crippen LogP contribution in [0.3, 0.4) is 0 Å². The van der Waals surface area contributed by atoms with Gasteiger partial charge in [-0.05, 0) is 50.7 Å². The Kier molecular flexibility index (Phi) is 2.81. The molecule has 0 saturated carbocycles. The molecule has 0 aliphatic heterocycles. The van der Waals surface area contributed by atoms with Crippen molar-refractivity contribution in [1.82, 2.24) is 0 Å². The Morgan fingerprint density at radius 3 is 2.86 bits per heavy atom. The highest BCUT2D eigenvalue weighted by molar-refractivity contribution is 14.1. The Balaban J connectivity index is 2.90. The van der Waals surface area contributed by atoms with Gasteiger partial charge in [-0.25, -0.2) is 4.79 Å². The predicted molar refractivity (Wildman–Crippen MR) is 69.2 cm³/mol. The van der Waals surface area contributed by atoms with Gasteiger partial charge in [0.05, 0.1) is 10.3 Å². The topological polar surface area (TPSA) is 37.3 Å². The van der Waals surface area contributed by atoms with Gasteiger partial charge in [-0.2, -0.15) is 0 Å². The van der Waals surface area contributed by atoms with Crippen molar-refractivity contribution in [2.45, 2.75) is 0 Å². The molecule has 2 nitrogen and oxygen atoms in total. The Morgan fingerprint density at radius 1 is 1.50 bits per heavy atom. The second-order valence-electron chi connectivity index (χ2n) is 2.69. The van der Waals surface area contributed by atoms with E-state index in [9.17, 15) is 4.79 Å². The third kappa shape index (κ3) is 1.57. The lowest BCUT2D eigenvalue weighted by molar-refractivity contribution is 0.0699. The molecule has 0 amide bonds. The van der Waals surface area contributed by atoms with Gasteiger partial charge in [0.15, 0.2) is 0 Å². The van der Waals surface area contributed by atoms with Crippen molar-refractivity contribution >= 4 is 65.9 Å². The number of benzene rings is 1. The molecule has 0 saturated heterocycles. The summed E-state index contributed by atoms with van der Waals surface area (Å²) in [5.41, 5.74) is 0.385. The number of carbonyl (C=O) groups is 1. The summed E-state index contributed by atoms with van der Waals surface area (Å²) < 4.78 is 2.92. The number of carboxylic acids is 1. The molecule has 0 aliphatic carbocycles. The molecule has 0 radical (unpaired) electrons. The summed E-state index contributed by atoms with van der Waals surface area (Å²) in [5.74, 6) is -0.868. The zero-order chi connectivity index (χ0) is 10.3. The van der Waals surface area contributed by atoms with Crippen LogP contribution in [-0.2, 0) is 0 Å². The van der Waals surface area contributed by atoms with E-state index in [0.717, 1.165) is 18.1 Å². The van der Waals surface area contributed by atoms with E-state index in [2.05, 4.69) is 38.5 Å². The molecule has 1 heterocycles. The Bertz CT molecular complexity index is 521. The minimum Gasteiger partial charge on any atom is -0.478 e. The molecule has 0 aliphatic rings. The zero-order valence-electron chi connectivity index (χ0n) is 6.75. The maximum atomic E-state index is 10.9. The van der Waals surface area contributed by atoms with Crippen LogP contribution in [0.15, 0.2) is 22.0 Å². The number of fused-ring (bicyclic) bond motifs is 1. The molecule has 2 rings (SSSR count). The molecule has 0 spiro atoms. The minimum atomic E-state index is -0.868. The van der Waals surface area contributed by atoms with E-state index >= 15 is 0 Å². The van der Waals surface area contributed by atoms with Crippen molar-refractivity contribution < 1.29 is 9.90 Å². The maximum absolute atomic E-state index is 10.9. The number of aromatic carboxylic acids is 1. The SMILES string of the molecule is O=C(O)c1csc2c(Br)ccc(I)c12. The molecule has 0 unspecified atom stereocenters. The lowest BCUT2D eigenvalue weighted by atomic mass is 10.2. The average molecular weight is 383 g/mol. The normalized spacial score (nSPS) is 10.7. The van der Waals surface area contributed by atoms with Gasteiger partial charge in [0.2, 0.25) is 0 Å². The number of halogens is 2. The van der Waals surface area contributed by atoms with Crippen molar-refractivity contribution in [2.75, 3.05) is 0 Å². The predicted octanol–water partition coefficient (Wildman–Crippen LogP) is 3.97. The number of hydrogen-bond donors (Lipinski definition) is 1. The molecule has 14 heavy (non-hydrogen) atoms. The fourth-order valence-electron chi connectivity index (χ4n) is 1.23. The van der Waals surface area contributed by atoms with Gasteiger partial charge in [0, 0.05) is 18.8 Å². The molecule has 2 aromatic rings. The number of carboxylic acid groups (broad SMARTS) is 1. The van der Waals surface area contributed by atoms with E-state index in [1.807, 2.05) is 12.1 Å².